The molecule has 0 saturated heterocycles. The van der Waals surface area contributed by atoms with Crippen molar-refractivity contribution in [2.75, 3.05) is 17.7 Å². The van der Waals surface area contributed by atoms with Gasteiger partial charge in [-0.1, -0.05) is 35.3 Å². The number of nitrogens with one attached hydrogen (secondary N) is 3. The number of hydrogen-bond donors (Lipinski definition) is 3. The van der Waals surface area contributed by atoms with E-state index < -0.39 is 0 Å². The summed E-state index contributed by atoms with van der Waals surface area (Å²) in [7, 11) is 1.48. The number of carbonyl (C=O) groups excluding carboxylic acids is 2. The van der Waals surface area contributed by atoms with Crippen LogP contribution in [0.2, 0.25) is 10.0 Å². The van der Waals surface area contributed by atoms with E-state index in [1.807, 2.05) is 0 Å². The summed E-state index contributed by atoms with van der Waals surface area (Å²) >= 11 is 17.1. The van der Waals surface area contributed by atoms with Gasteiger partial charge in [0.25, 0.3) is 11.8 Å². The van der Waals surface area contributed by atoms with E-state index in [2.05, 4.69) is 16.0 Å². The first-order valence-electron chi connectivity index (χ1n) is 8.99. The average Bonchev–Trinajstić information content (AvgIpc) is 2.75. The lowest BCUT2D eigenvalue weighted by molar-refractivity contribution is 0.0976. The van der Waals surface area contributed by atoms with E-state index >= 15 is 0 Å². The molecule has 3 rings (SSSR count). The zero-order valence-corrected chi connectivity index (χ0v) is 18.6. The van der Waals surface area contributed by atoms with Crippen molar-refractivity contribution in [2.24, 2.45) is 0 Å². The molecule has 0 aromatic heterocycles. The topological polar surface area (TPSA) is 79.5 Å². The Bertz CT molecular complexity index is 1140. The van der Waals surface area contributed by atoms with Gasteiger partial charge in [0.05, 0.1) is 23.4 Å². The summed E-state index contributed by atoms with van der Waals surface area (Å²) in [6.07, 6.45) is 0. The van der Waals surface area contributed by atoms with Crippen LogP contribution in [0, 0.1) is 0 Å². The third kappa shape index (κ3) is 5.95. The van der Waals surface area contributed by atoms with Crippen LogP contribution >= 0.6 is 35.4 Å². The number of benzene rings is 3. The molecule has 0 heterocycles. The Morgan fingerprint density at radius 1 is 0.903 bits per heavy atom. The van der Waals surface area contributed by atoms with Crippen molar-refractivity contribution in [3.63, 3.8) is 0 Å². The molecule has 0 saturated carbocycles. The molecule has 0 unspecified atom stereocenters. The Morgan fingerprint density at radius 3 is 2.29 bits per heavy atom. The van der Waals surface area contributed by atoms with Crippen LogP contribution in [0.15, 0.2) is 66.7 Å². The molecular formula is C22H17Cl2N3O3S. The zero-order valence-electron chi connectivity index (χ0n) is 16.2. The van der Waals surface area contributed by atoms with Gasteiger partial charge in [-0.25, -0.2) is 0 Å². The summed E-state index contributed by atoms with van der Waals surface area (Å²) in [4.78, 5) is 24.8. The first kappa shape index (κ1) is 22.6. The number of halogens is 2. The van der Waals surface area contributed by atoms with E-state index in [9.17, 15) is 9.59 Å². The van der Waals surface area contributed by atoms with Crippen molar-refractivity contribution in [1.29, 1.82) is 0 Å². The van der Waals surface area contributed by atoms with E-state index in [0.717, 1.165) is 0 Å². The number of thiocarbonyl (C=S) groups is 1. The van der Waals surface area contributed by atoms with Gasteiger partial charge >= 0.3 is 0 Å². The van der Waals surface area contributed by atoms with Crippen LogP contribution in [0.1, 0.15) is 20.7 Å². The first-order valence-corrected chi connectivity index (χ1v) is 10.2. The molecule has 0 radical (unpaired) electrons. The van der Waals surface area contributed by atoms with Gasteiger partial charge < -0.3 is 15.4 Å². The monoisotopic (exact) mass is 473 g/mol. The molecule has 0 bridgehead atoms. The molecule has 3 N–H and O–H groups in total. The largest absolute Gasteiger partial charge is 0.494 e. The second kappa shape index (κ2) is 10.3. The number of methoxy groups -OCH3 is 1. The highest BCUT2D eigenvalue weighted by Crippen LogP contribution is 2.29. The van der Waals surface area contributed by atoms with Gasteiger partial charge in [0.2, 0.25) is 0 Å². The maximum Gasteiger partial charge on any atom is 0.257 e. The predicted octanol–water partition coefficient (Wildman–Crippen LogP) is 5.38. The molecule has 0 aliphatic rings. The molecule has 3 aromatic rings. The molecule has 9 heteroatoms. The lowest BCUT2D eigenvalue weighted by Crippen LogP contribution is -2.34. The van der Waals surface area contributed by atoms with Crippen molar-refractivity contribution in [1.82, 2.24) is 5.32 Å². The van der Waals surface area contributed by atoms with E-state index in [0.29, 0.717) is 38.3 Å². The van der Waals surface area contributed by atoms with Gasteiger partial charge in [-0.3, -0.25) is 14.9 Å². The summed E-state index contributed by atoms with van der Waals surface area (Å²) in [6, 6.07) is 18.1. The number of hydrogen-bond acceptors (Lipinski definition) is 4. The maximum absolute atomic E-state index is 12.5. The first-order chi connectivity index (χ1) is 14.9. The lowest BCUT2D eigenvalue weighted by atomic mass is 10.2. The van der Waals surface area contributed by atoms with Crippen molar-refractivity contribution < 1.29 is 14.3 Å². The van der Waals surface area contributed by atoms with Gasteiger partial charge in [0, 0.05) is 22.3 Å². The van der Waals surface area contributed by atoms with Gasteiger partial charge in [0.1, 0.15) is 5.75 Å². The number of ether oxygens (including phenoxy) is 1. The molecule has 3 aromatic carbocycles. The lowest BCUT2D eigenvalue weighted by Gasteiger charge is -2.14. The van der Waals surface area contributed by atoms with Crippen LogP contribution in [0.5, 0.6) is 5.75 Å². The highest BCUT2D eigenvalue weighted by molar-refractivity contribution is 7.80. The standard InChI is InChI=1S/C22H17Cl2N3O3S/c1-30-19-12-15(25-22(31)27-20(28)13-6-8-14(23)9-7-13)10-11-18(19)26-21(29)16-4-2-3-5-17(16)24/h2-12H,1H3,(H,26,29)(H2,25,27,28,31). The Labute approximate surface area is 194 Å². The highest BCUT2D eigenvalue weighted by Gasteiger charge is 2.14. The fourth-order valence-electron chi connectivity index (χ4n) is 2.65. The van der Waals surface area contributed by atoms with Crippen LogP contribution < -0.4 is 20.7 Å². The van der Waals surface area contributed by atoms with Gasteiger partial charge in [-0.05, 0) is 60.7 Å². The quantitative estimate of drug-likeness (QED) is 0.433. The normalized spacial score (nSPS) is 10.2. The van der Waals surface area contributed by atoms with E-state index in [1.54, 1.807) is 66.7 Å². The summed E-state index contributed by atoms with van der Waals surface area (Å²) in [6.45, 7) is 0. The molecule has 2 amide bonds. The van der Waals surface area contributed by atoms with Crippen molar-refractivity contribution in [3.8, 4) is 5.75 Å². The smallest absolute Gasteiger partial charge is 0.257 e. The number of amides is 2. The van der Waals surface area contributed by atoms with Crippen LogP contribution in [0.25, 0.3) is 0 Å². The van der Waals surface area contributed by atoms with Crippen molar-refractivity contribution in [3.05, 3.63) is 87.9 Å². The van der Waals surface area contributed by atoms with Crippen molar-refractivity contribution >= 4 is 63.7 Å². The van der Waals surface area contributed by atoms with E-state index in [-0.39, 0.29) is 16.9 Å². The van der Waals surface area contributed by atoms with E-state index in [4.69, 9.17) is 40.2 Å². The Morgan fingerprint density at radius 2 is 1.61 bits per heavy atom. The highest BCUT2D eigenvalue weighted by atomic mass is 35.5. The molecule has 6 nitrogen and oxygen atoms in total. The molecule has 0 aliphatic heterocycles. The van der Waals surface area contributed by atoms with E-state index in [1.165, 1.54) is 7.11 Å². The maximum atomic E-state index is 12.5. The summed E-state index contributed by atoms with van der Waals surface area (Å²) in [5, 5.41) is 9.25. The van der Waals surface area contributed by atoms with Gasteiger partial charge in [0.15, 0.2) is 5.11 Å². The molecule has 0 atom stereocenters. The molecule has 0 aliphatic carbocycles. The molecule has 31 heavy (non-hydrogen) atoms. The second-order valence-electron chi connectivity index (χ2n) is 6.26. The summed E-state index contributed by atoms with van der Waals surface area (Å²) in [5.41, 5.74) is 1.78. The Hall–Kier alpha value is -3.13. The van der Waals surface area contributed by atoms with Gasteiger partial charge in [-0.2, -0.15) is 0 Å². The Balaban J connectivity index is 1.67. The fourth-order valence-corrected chi connectivity index (χ4v) is 3.20. The predicted molar refractivity (Wildman–Crippen MR) is 128 cm³/mol. The fraction of sp³-hybridized carbons (Fsp3) is 0.0455. The molecular weight excluding hydrogens is 457 g/mol. The summed E-state index contributed by atoms with van der Waals surface area (Å²) < 4.78 is 5.37. The van der Waals surface area contributed by atoms with Crippen LogP contribution in [0.3, 0.4) is 0 Å². The van der Waals surface area contributed by atoms with Crippen LogP contribution in [0.4, 0.5) is 11.4 Å². The third-order valence-electron chi connectivity index (χ3n) is 4.16. The minimum Gasteiger partial charge on any atom is -0.494 e. The average molecular weight is 474 g/mol. The second-order valence-corrected chi connectivity index (χ2v) is 7.52. The van der Waals surface area contributed by atoms with Gasteiger partial charge in [-0.15, -0.1) is 0 Å². The number of anilines is 2. The third-order valence-corrected chi connectivity index (χ3v) is 4.95. The zero-order chi connectivity index (χ0) is 22.4. The van der Waals surface area contributed by atoms with Crippen molar-refractivity contribution in [2.45, 2.75) is 0 Å². The molecule has 158 valence electrons. The number of rotatable bonds is 5. The minimum atomic E-state index is -0.371. The minimum absolute atomic E-state index is 0.106. The Kier molecular flexibility index (Phi) is 7.46. The SMILES string of the molecule is COc1cc(NC(=S)NC(=O)c2ccc(Cl)cc2)ccc1NC(=O)c1ccccc1Cl. The van der Waals surface area contributed by atoms with Crippen LogP contribution in [-0.4, -0.2) is 24.0 Å². The van der Waals surface area contributed by atoms with Crippen LogP contribution in [-0.2, 0) is 0 Å². The summed E-state index contributed by atoms with van der Waals surface area (Å²) in [5.74, 6) is -0.336. The molecule has 0 spiro atoms. The molecule has 0 fully saturated rings. The number of carbonyl (C=O) groups is 2.